The number of fused-ring (bicyclic) bond motifs is 1. The topological polar surface area (TPSA) is 94.0 Å². The van der Waals surface area contributed by atoms with Crippen LogP contribution >= 0.6 is 0 Å². The van der Waals surface area contributed by atoms with E-state index < -0.39 is 0 Å². The smallest absolute Gasteiger partial charge is 0.253 e. The van der Waals surface area contributed by atoms with Gasteiger partial charge in [-0.15, -0.1) is 0 Å². The van der Waals surface area contributed by atoms with Gasteiger partial charge in [-0.05, 0) is 85.5 Å². The molecule has 0 radical (unpaired) electrons. The third-order valence-electron chi connectivity index (χ3n) is 9.55. The number of amides is 1. The van der Waals surface area contributed by atoms with E-state index in [0.717, 1.165) is 61.4 Å². The minimum atomic E-state index is -0.279. The molecule has 11 heteroatoms. The number of rotatable bonds is 14. The molecule has 3 heterocycles. The number of nitrogens with one attached hydrogen (secondary N) is 1. The minimum Gasteiger partial charge on any atom is -0.493 e. The zero-order chi connectivity index (χ0) is 35.0. The van der Waals surface area contributed by atoms with Gasteiger partial charge in [-0.1, -0.05) is 24.3 Å². The van der Waals surface area contributed by atoms with Crippen molar-refractivity contribution in [2.75, 3.05) is 59.9 Å². The van der Waals surface area contributed by atoms with Crippen molar-refractivity contribution < 1.29 is 23.4 Å². The third-order valence-corrected chi connectivity index (χ3v) is 9.55. The Kier molecular flexibility index (Phi) is 11.1. The van der Waals surface area contributed by atoms with Crippen LogP contribution in [0.15, 0.2) is 85.2 Å². The number of methoxy groups -OCH3 is 3. The van der Waals surface area contributed by atoms with Crippen molar-refractivity contribution in [2.45, 2.75) is 37.8 Å². The summed E-state index contributed by atoms with van der Waals surface area (Å²) in [5, 5.41) is 3.76. The van der Waals surface area contributed by atoms with Crippen LogP contribution in [0.3, 0.4) is 0 Å². The van der Waals surface area contributed by atoms with Crippen LogP contribution in [-0.2, 0) is 6.54 Å². The molecule has 1 amide bonds. The van der Waals surface area contributed by atoms with Crippen molar-refractivity contribution in [1.82, 2.24) is 24.3 Å². The van der Waals surface area contributed by atoms with E-state index in [0.29, 0.717) is 41.9 Å². The molecule has 0 bridgehead atoms. The molecule has 6 rings (SSSR count). The van der Waals surface area contributed by atoms with Crippen LogP contribution in [0, 0.1) is 5.82 Å². The molecule has 262 valence electrons. The number of likely N-dealkylation sites (tertiary alicyclic amines) is 1. The molecule has 10 nitrogen and oxygen atoms in total. The summed E-state index contributed by atoms with van der Waals surface area (Å²) in [4.78, 5) is 27.0. The molecule has 1 aliphatic heterocycles. The van der Waals surface area contributed by atoms with Gasteiger partial charge in [0.25, 0.3) is 5.91 Å². The number of hydrogen-bond acceptors (Lipinski definition) is 8. The number of pyridine rings is 1. The second kappa shape index (κ2) is 16.0. The fourth-order valence-electron chi connectivity index (χ4n) is 6.78. The number of halogens is 1. The molecule has 5 aromatic rings. The zero-order valence-electron chi connectivity index (χ0n) is 29.1. The summed E-state index contributed by atoms with van der Waals surface area (Å²) in [6, 6.07) is 22.6. The van der Waals surface area contributed by atoms with Gasteiger partial charge in [-0.2, -0.15) is 0 Å². The molecule has 1 saturated heterocycles. The second-order valence-corrected chi connectivity index (χ2v) is 12.8. The van der Waals surface area contributed by atoms with Crippen LogP contribution in [0.2, 0.25) is 0 Å². The summed E-state index contributed by atoms with van der Waals surface area (Å²) in [5.74, 6) is 1.72. The van der Waals surface area contributed by atoms with Crippen LogP contribution in [0.25, 0.3) is 11.0 Å². The summed E-state index contributed by atoms with van der Waals surface area (Å²) < 4.78 is 32.5. The summed E-state index contributed by atoms with van der Waals surface area (Å²) in [7, 11) is 6.38. The van der Waals surface area contributed by atoms with E-state index in [-0.39, 0.29) is 17.6 Å². The van der Waals surface area contributed by atoms with Crippen molar-refractivity contribution in [3.05, 3.63) is 108 Å². The van der Waals surface area contributed by atoms with Gasteiger partial charge >= 0.3 is 0 Å². The quantitative estimate of drug-likeness (QED) is 0.143. The Morgan fingerprint density at radius 3 is 2.30 bits per heavy atom. The number of aromatic nitrogens is 3. The minimum absolute atomic E-state index is 0.00975. The van der Waals surface area contributed by atoms with Gasteiger partial charge in [0, 0.05) is 56.6 Å². The standard InChI is InChI=1S/C39H45FN6O4/c1-44(38(47)30-23-35(48-2)37(50-4)36(24-30)49-3)26-29(28-9-11-31(40)12-10-28)15-20-45-21-16-32(17-22-45)42-39-43-33-7-5-6-8-34(33)46(39)25-27-13-18-41-19-14-27/h5-14,18-19,23-24,29,32H,15-17,20-22,25-26H2,1-4H3,(H,42,43). The molecule has 0 spiro atoms. The van der Waals surface area contributed by atoms with E-state index in [9.17, 15) is 9.18 Å². The van der Waals surface area contributed by atoms with Gasteiger partial charge in [0.1, 0.15) is 5.82 Å². The van der Waals surface area contributed by atoms with E-state index in [4.69, 9.17) is 19.2 Å². The van der Waals surface area contributed by atoms with Crippen LogP contribution < -0.4 is 19.5 Å². The highest BCUT2D eigenvalue weighted by atomic mass is 19.1. The number of carbonyl (C=O) groups excluding carboxylic acids is 1. The Morgan fingerprint density at radius 2 is 1.64 bits per heavy atom. The largest absolute Gasteiger partial charge is 0.493 e. The number of nitrogens with zero attached hydrogens (tertiary/aromatic N) is 5. The van der Waals surface area contributed by atoms with Gasteiger partial charge in [-0.3, -0.25) is 9.78 Å². The highest BCUT2D eigenvalue weighted by Crippen LogP contribution is 2.38. The highest BCUT2D eigenvalue weighted by molar-refractivity contribution is 5.95. The number of piperidine rings is 1. The number of imidazole rings is 1. The van der Waals surface area contributed by atoms with Gasteiger partial charge in [0.05, 0.1) is 38.9 Å². The molecule has 50 heavy (non-hydrogen) atoms. The Hall–Kier alpha value is -5.16. The van der Waals surface area contributed by atoms with Crippen molar-refractivity contribution in [3.8, 4) is 17.2 Å². The number of anilines is 1. The normalized spacial score (nSPS) is 14.3. The molecule has 1 aliphatic rings. The number of benzene rings is 3. The van der Waals surface area contributed by atoms with Gasteiger partial charge in [0.2, 0.25) is 11.7 Å². The lowest BCUT2D eigenvalue weighted by atomic mass is 9.94. The Labute approximate surface area is 292 Å². The highest BCUT2D eigenvalue weighted by Gasteiger charge is 2.25. The lowest BCUT2D eigenvalue weighted by Gasteiger charge is -2.34. The first-order chi connectivity index (χ1) is 24.4. The maximum atomic E-state index is 13.9. The first-order valence-corrected chi connectivity index (χ1v) is 17.0. The van der Waals surface area contributed by atoms with E-state index in [1.54, 1.807) is 24.1 Å². The number of hydrogen-bond donors (Lipinski definition) is 1. The maximum absolute atomic E-state index is 13.9. The number of likely N-dealkylation sites (N-methyl/N-ethyl adjacent to an activating group) is 1. The Balaban J connectivity index is 1.10. The van der Waals surface area contributed by atoms with Crippen molar-refractivity contribution in [3.63, 3.8) is 0 Å². The maximum Gasteiger partial charge on any atom is 0.253 e. The van der Waals surface area contributed by atoms with Crippen molar-refractivity contribution in [1.29, 1.82) is 0 Å². The molecule has 1 atom stereocenters. The van der Waals surface area contributed by atoms with Crippen LogP contribution in [0.5, 0.6) is 17.2 Å². The molecule has 0 saturated carbocycles. The van der Waals surface area contributed by atoms with Gasteiger partial charge in [-0.25, -0.2) is 9.37 Å². The second-order valence-electron chi connectivity index (χ2n) is 12.8. The van der Waals surface area contributed by atoms with Crippen LogP contribution in [-0.4, -0.2) is 90.8 Å². The fourth-order valence-corrected chi connectivity index (χ4v) is 6.78. The number of para-hydroxylation sites is 2. The predicted molar refractivity (Wildman–Crippen MR) is 193 cm³/mol. The average Bonchev–Trinajstić information content (AvgIpc) is 3.49. The van der Waals surface area contributed by atoms with E-state index in [1.807, 2.05) is 42.7 Å². The summed E-state index contributed by atoms with van der Waals surface area (Å²) in [5.41, 5.74) is 4.68. The lowest BCUT2D eigenvalue weighted by molar-refractivity contribution is 0.0781. The van der Waals surface area contributed by atoms with E-state index in [1.165, 1.54) is 39.0 Å². The third kappa shape index (κ3) is 8.00. The summed E-state index contributed by atoms with van der Waals surface area (Å²) in [6.45, 7) is 3.93. The van der Waals surface area contributed by atoms with E-state index >= 15 is 0 Å². The molecule has 0 aliphatic carbocycles. The van der Waals surface area contributed by atoms with Crippen molar-refractivity contribution in [2.24, 2.45) is 0 Å². The van der Waals surface area contributed by atoms with Crippen LogP contribution in [0.4, 0.5) is 10.3 Å². The van der Waals surface area contributed by atoms with Crippen LogP contribution in [0.1, 0.15) is 46.7 Å². The molecular weight excluding hydrogens is 635 g/mol. The molecule has 3 aromatic carbocycles. The number of ether oxygens (including phenoxy) is 3. The fraction of sp³-hybridized carbons (Fsp3) is 0.359. The van der Waals surface area contributed by atoms with Gasteiger partial charge in [0.15, 0.2) is 11.5 Å². The zero-order valence-corrected chi connectivity index (χ0v) is 29.1. The van der Waals surface area contributed by atoms with Gasteiger partial charge < -0.3 is 33.9 Å². The Morgan fingerprint density at radius 1 is 0.960 bits per heavy atom. The number of carbonyl (C=O) groups is 1. The molecule has 1 fully saturated rings. The molecule has 2 aromatic heterocycles. The predicted octanol–water partition coefficient (Wildman–Crippen LogP) is 6.47. The molecule has 1 N–H and O–H groups in total. The average molecular weight is 681 g/mol. The Bertz CT molecular complexity index is 1850. The monoisotopic (exact) mass is 680 g/mol. The first-order valence-electron chi connectivity index (χ1n) is 17.0. The molecular formula is C39H45FN6O4. The lowest BCUT2D eigenvalue weighted by Crippen LogP contribution is -2.40. The van der Waals surface area contributed by atoms with E-state index in [2.05, 4.69) is 38.0 Å². The summed E-state index contributed by atoms with van der Waals surface area (Å²) in [6.07, 6.45) is 6.43. The van der Waals surface area contributed by atoms with Crippen molar-refractivity contribution >= 4 is 22.9 Å². The molecule has 1 unspecified atom stereocenters. The SMILES string of the molecule is COc1cc(C(=O)N(C)CC(CCN2CCC(Nc3nc4ccccc4n3Cc3ccncc3)CC2)c2ccc(F)cc2)cc(OC)c1OC. The first kappa shape index (κ1) is 34.7. The summed E-state index contributed by atoms with van der Waals surface area (Å²) >= 11 is 0.